The second-order valence-corrected chi connectivity index (χ2v) is 8.11. The minimum Gasteiger partial charge on any atom is -0.488 e. The van der Waals surface area contributed by atoms with Gasteiger partial charge in [0.05, 0.1) is 10.6 Å². The van der Waals surface area contributed by atoms with Gasteiger partial charge in [-0.15, -0.1) is 0 Å². The SMILES string of the molecule is Cc1c(OCc2c(F)cccc2Cl)ccc2c1OC(=Cc1cn(C)c3ccccc13)C2=O. The molecule has 0 bridgehead atoms. The third-order valence-corrected chi connectivity index (χ3v) is 6.04. The summed E-state index contributed by atoms with van der Waals surface area (Å²) < 4.78 is 27.9. The van der Waals surface area contributed by atoms with Gasteiger partial charge >= 0.3 is 0 Å². The number of fused-ring (bicyclic) bond motifs is 2. The monoisotopic (exact) mass is 447 g/mol. The quantitative estimate of drug-likeness (QED) is 0.336. The van der Waals surface area contributed by atoms with Crippen molar-refractivity contribution in [1.29, 1.82) is 0 Å². The van der Waals surface area contributed by atoms with Crippen molar-refractivity contribution in [1.82, 2.24) is 4.57 Å². The number of hydrogen-bond donors (Lipinski definition) is 0. The lowest BCUT2D eigenvalue weighted by atomic mass is 10.1. The molecule has 0 fully saturated rings. The minimum absolute atomic E-state index is 0.0300. The smallest absolute Gasteiger partial charge is 0.231 e. The van der Waals surface area contributed by atoms with Crippen molar-refractivity contribution in [2.45, 2.75) is 13.5 Å². The Bertz CT molecular complexity index is 1400. The van der Waals surface area contributed by atoms with Gasteiger partial charge in [-0.3, -0.25) is 4.79 Å². The largest absolute Gasteiger partial charge is 0.488 e. The number of ether oxygens (including phenoxy) is 2. The lowest BCUT2D eigenvalue weighted by Crippen LogP contribution is -2.01. The van der Waals surface area contributed by atoms with Crippen LogP contribution in [-0.4, -0.2) is 10.4 Å². The number of halogens is 2. The molecule has 1 aliphatic rings. The zero-order valence-corrected chi connectivity index (χ0v) is 18.2. The molecule has 0 amide bonds. The van der Waals surface area contributed by atoms with Gasteiger partial charge in [0.2, 0.25) is 5.78 Å². The number of ketones is 1. The van der Waals surface area contributed by atoms with Gasteiger partial charge in [-0.25, -0.2) is 4.39 Å². The Morgan fingerprint density at radius 1 is 1.12 bits per heavy atom. The van der Waals surface area contributed by atoms with Crippen LogP contribution in [-0.2, 0) is 13.7 Å². The number of para-hydroxylation sites is 1. The van der Waals surface area contributed by atoms with Crippen molar-refractivity contribution in [3.8, 4) is 11.5 Å². The van der Waals surface area contributed by atoms with E-state index in [0.29, 0.717) is 27.6 Å². The molecule has 5 rings (SSSR count). The lowest BCUT2D eigenvalue weighted by Gasteiger charge is -2.12. The van der Waals surface area contributed by atoms with Crippen LogP contribution in [0.3, 0.4) is 0 Å². The molecule has 0 atom stereocenters. The number of rotatable bonds is 4. The summed E-state index contributed by atoms with van der Waals surface area (Å²) in [5.41, 5.74) is 3.40. The molecule has 2 heterocycles. The molecule has 0 radical (unpaired) electrons. The molecular formula is C26H19ClFNO3. The molecule has 0 saturated heterocycles. The van der Waals surface area contributed by atoms with Crippen molar-refractivity contribution in [2.24, 2.45) is 7.05 Å². The number of carbonyl (C=O) groups excluding carboxylic acids is 1. The summed E-state index contributed by atoms with van der Waals surface area (Å²) in [5, 5.41) is 1.34. The van der Waals surface area contributed by atoms with Crippen molar-refractivity contribution >= 4 is 34.4 Å². The zero-order valence-electron chi connectivity index (χ0n) is 17.5. The molecule has 0 unspecified atom stereocenters. The van der Waals surface area contributed by atoms with E-state index < -0.39 is 5.82 Å². The second-order valence-electron chi connectivity index (χ2n) is 7.71. The molecule has 32 heavy (non-hydrogen) atoms. The summed E-state index contributed by atoms with van der Waals surface area (Å²) in [4.78, 5) is 13.0. The van der Waals surface area contributed by atoms with Crippen molar-refractivity contribution < 1.29 is 18.7 Å². The third-order valence-electron chi connectivity index (χ3n) is 5.68. The Morgan fingerprint density at radius 2 is 1.94 bits per heavy atom. The molecule has 3 aromatic carbocycles. The van der Waals surface area contributed by atoms with Crippen LogP contribution in [0.4, 0.5) is 4.39 Å². The van der Waals surface area contributed by atoms with E-state index in [1.165, 1.54) is 6.07 Å². The maximum absolute atomic E-state index is 14.1. The third kappa shape index (κ3) is 3.35. The van der Waals surface area contributed by atoms with Crippen LogP contribution in [0.5, 0.6) is 11.5 Å². The molecule has 0 N–H and O–H groups in total. The normalized spacial score (nSPS) is 14.1. The van der Waals surface area contributed by atoms with Crippen LogP contribution in [0.15, 0.2) is 66.6 Å². The van der Waals surface area contributed by atoms with E-state index in [0.717, 1.165) is 16.5 Å². The van der Waals surface area contributed by atoms with Crippen molar-refractivity contribution in [2.75, 3.05) is 0 Å². The van der Waals surface area contributed by atoms with E-state index in [1.54, 1.807) is 30.3 Å². The predicted octanol–water partition coefficient (Wildman–Crippen LogP) is 6.47. The number of carbonyl (C=O) groups is 1. The summed E-state index contributed by atoms with van der Waals surface area (Å²) in [5.74, 6) is 0.609. The van der Waals surface area contributed by atoms with Gasteiger partial charge in [0.1, 0.15) is 23.9 Å². The predicted molar refractivity (Wildman–Crippen MR) is 123 cm³/mol. The molecule has 1 aromatic heterocycles. The average Bonchev–Trinajstić information content (AvgIpc) is 3.27. The number of allylic oxidation sites excluding steroid dienone is 1. The number of aryl methyl sites for hydroxylation is 1. The van der Waals surface area contributed by atoms with Gasteiger partial charge < -0.3 is 14.0 Å². The van der Waals surface area contributed by atoms with Crippen LogP contribution in [0.25, 0.3) is 17.0 Å². The first-order chi connectivity index (χ1) is 15.4. The highest BCUT2D eigenvalue weighted by molar-refractivity contribution is 6.31. The van der Waals surface area contributed by atoms with Crippen molar-refractivity contribution in [3.05, 3.63) is 99.6 Å². The van der Waals surface area contributed by atoms with Gasteiger partial charge in [0, 0.05) is 40.8 Å². The molecule has 1 aliphatic heterocycles. The highest BCUT2D eigenvalue weighted by atomic mass is 35.5. The summed E-state index contributed by atoms with van der Waals surface area (Å²) in [6.45, 7) is 1.78. The fourth-order valence-electron chi connectivity index (χ4n) is 3.97. The lowest BCUT2D eigenvalue weighted by molar-refractivity contribution is 0.101. The number of benzene rings is 3. The maximum atomic E-state index is 14.1. The molecule has 160 valence electrons. The molecule has 0 spiro atoms. The van der Waals surface area contributed by atoms with E-state index >= 15 is 0 Å². The Morgan fingerprint density at radius 3 is 2.75 bits per heavy atom. The molecule has 4 nitrogen and oxygen atoms in total. The summed E-state index contributed by atoms with van der Waals surface area (Å²) >= 11 is 6.09. The van der Waals surface area contributed by atoms with Gasteiger partial charge in [-0.1, -0.05) is 35.9 Å². The van der Waals surface area contributed by atoms with Crippen LogP contribution in [0, 0.1) is 12.7 Å². The first-order valence-electron chi connectivity index (χ1n) is 10.1. The Balaban J connectivity index is 1.45. The Hall–Kier alpha value is -3.57. The van der Waals surface area contributed by atoms with Crippen LogP contribution in [0.2, 0.25) is 5.02 Å². The molecule has 0 aliphatic carbocycles. The minimum atomic E-state index is -0.428. The first kappa shape index (κ1) is 20.3. The molecule has 0 saturated carbocycles. The van der Waals surface area contributed by atoms with Gasteiger partial charge in [0.15, 0.2) is 5.76 Å². The first-order valence-corrected chi connectivity index (χ1v) is 10.5. The standard InChI is InChI=1S/C26H19ClFNO3/c1-15-23(31-14-19-20(27)7-5-8-21(19)28)11-10-18-25(30)24(32-26(15)18)12-16-13-29(2)22-9-4-3-6-17(16)22/h3-13H,14H2,1-2H3. The fourth-order valence-corrected chi connectivity index (χ4v) is 4.19. The number of nitrogens with zero attached hydrogens (tertiary/aromatic N) is 1. The van der Waals surface area contributed by atoms with E-state index in [-0.39, 0.29) is 23.7 Å². The summed E-state index contributed by atoms with van der Waals surface area (Å²) in [7, 11) is 1.96. The summed E-state index contributed by atoms with van der Waals surface area (Å²) in [6, 6.07) is 15.9. The maximum Gasteiger partial charge on any atom is 0.231 e. The van der Waals surface area contributed by atoms with Crippen LogP contribution < -0.4 is 9.47 Å². The van der Waals surface area contributed by atoms with Crippen LogP contribution >= 0.6 is 11.6 Å². The molecule has 6 heteroatoms. The van der Waals surface area contributed by atoms with E-state index in [4.69, 9.17) is 21.1 Å². The number of Topliss-reactive ketones (excluding diaryl/α,β-unsaturated/α-hetero) is 1. The zero-order chi connectivity index (χ0) is 22.4. The topological polar surface area (TPSA) is 40.5 Å². The highest BCUT2D eigenvalue weighted by Crippen LogP contribution is 2.40. The van der Waals surface area contributed by atoms with E-state index in [2.05, 4.69) is 0 Å². The fraction of sp³-hybridized carbons (Fsp3) is 0.115. The van der Waals surface area contributed by atoms with Crippen molar-refractivity contribution in [3.63, 3.8) is 0 Å². The Labute approximate surface area is 189 Å². The average molecular weight is 448 g/mol. The van der Waals surface area contributed by atoms with Gasteiger partial charge in [0.25, 0.3) is 0 Å². The van der Waals surface area contributed by atoms with E-state index in [1.807, 2.05) is 49.0 Å². The molecular weight excluding hydrogens is 429 g/mol. The highest BCUT2D eigenvalue weighted by Gasteiger charge is 2.30. The number of aromatic nitrogens is 1. The summed E-state index contributed by atoms with van der Waals surface area (Å²) in [6.07, 6.45) is 3.74. The van der Waals surface area contributed by atoms with E-state index in [9.17, 15) is 9.18 Å². The van der Waals surface area contributed by atoms with Gasteiger partial charge in [-0.05, 0) is 43.3 Å². The number of hydrogen-bond acceptors (Lipinski definition) is 3. The van der Waals surface area contributed by atoms with Gasteiger partial charge in [-0.2, -0.15) is 0 Å². The Kier molecular flexibility index (Phi) is 4.98. The second kappa shape index (κ2) is 7.84. The molecule has 4 aromatic rings. The van der Waals surface area contributed by atoms with Crippen LogP contribution in [0.1, 0.15) is 27.0 Å².